The highest BCUT2D eigenvalue weighted by atomic mass is 16.1. The first-order valence-electron chi connectivity index (χ1n) is 6.71. The first-order valence-corrected chi connectivity index (χ1v) is 6.71. The molecule has 1 N–H and O–H groups in total. The van der Waals surface area contributed by atoms with Gasteiger partial charge in [0.2, 0.25) is 5.91 Å². The zero-order chi connectivity index (χ0) is 13.1. The number of rotatable bonds is 3. The number of fused-ring (bicyclic) bond motifs is 1. The van der Waals surface area contributed by atoms with Crippen molar-refractivity contribution in [1.82, 2.24) is 5.32 Å². The van der Waals surface area contributed by atoms with Crippen molar-refractivity contribution in [3.05, 3.63) is 71.3 Å². The molecule has 0 bridgehead atoms. The Hall–Kier alpha value is -2.09. The molecule has 2 nitrogen and oxygen atoms in total. The lowest BCUT2D eigenvalue weighted by Gasteiger charge is -2.10. The van der Waals surface area contributed by atoms with Gasteiger partial charge in [0, 0.05) is 12.5 Å². The Balaban J connectivity index is 1.58. The summed E-state index contributed by atoms with van der Waals surface area (Å²) in [7, 11) is 0. The Morgan fingerprint density at radius 1 is 0.947 bits per heavy atom. The third-order valence-electron chi connectivity index (χ3n) is 3.73. The standard InChI is InChI=1S/C17H17NO/c19-17(18-12-13-6-2-1-3-7-13)16-10-14-8-4-5-9-15(14)11-16/h1-9,16H,10-12H2,(H,18,19). The molecule has 2 aromatic carbocycles. The van der Waals surface area contributed by atoms with Gasteiger partial charge < -0.3 is 5.32 Å². The SMILES string of the molecule is O=C(NCc1ccccc1)C1Cc2ccccc2C1. The van der Waals surface area contributed by atoms with E-state index in [1.807, 2.05) is 42.5 Å². The molecule has 1 aliphatic rings. The fraction of sp³-hybridized carbons (Fsp3) is 0.235. The molecule has 0 saturated heterocycles. The number of benzene rings is 2. The van der Waals surface area contributed by atoms with Crippen LogP contribution in [0.1, 0.15) is 16.7 Å². The average Bonchev–Trinajstić information content (AvgIpc) is 2.90. The average molecular weight is 251 g/mol. The van der Waals surface area contributed by atoms with Gasteiger partial charge in [-0.05, 0) is 29.5 Å². The van der Waals surface area contributed by atoms with Crippen molar-refractivity contribution in [2.45, 2.75) is 19.4 Å². The molecule has 0 saturated carbocycles. The van der Waals surface area contributed by atoms with Crippen molar-refractivity contribution >= 4 is 5.91 Å². The van der Waals surface area contributed by atoms with E-state index in [0.29, 0.717) is 6.54 Å². The summed E-state index contributed by atoms with van der Waals surface area (Å²) in [4.78, 5) is 12.2. The predicted molar refractivity (Wildman–Crippen MR) is 75.6 cm³/mol. The fourth-order valence-electron chi connectivity index (χ4n) is 2.67. The Labute approximate surface area is 113 Å². The Kier molecular flexibility index (Phi) is 3.32. The van der Waals surface area contributed by atoms with Gasteiger partial charge in [0.15, 0.2) is 0 Å². The van der Waals surface area contributed by atoms with Crippen LogP contribution in [0.15, 0.2) is 54.6 Å². The molecule has 3 rings (SSSR count). The lowest BCUT2D eigenvalue weighted by Crippen LogP contribution is -2.30. The molecule has 0 atom stereocenters. The third-order valence-corrected chi connectivity index (χ3v) is 3.73. The summed E-state index contributed by atoms with van der Waals surface area (Å²) in [6, 6.07) is 18.4. The first kappa shape index (κ1) is 12.0. The summed E-state index contributed by atoms with van der Waals surface area (Å²) < 4.78 is 0. The quantitative estimate of drug-likeness (QED) is 0.893. The molecule has 2 heteroatoms. The molecular weight excluding hydrogens is 234 g/mol. The summed E-state index contributed by atoms with van der Waals surface area (Å²) in [5.74, 6) is 0.265. The van der Waals surface area contributed by atoms with Crippen molar-refractivity contribution < 1.29 is 4.79 Å². The maximum atomic E-state index is 12.2. The molecule has 1 aliphatic carbocycles. The molecule has 96 valence electrons. The zero-order valence-electron chi connectivity index (χ0n) is 10.8. The van der Waals surface area contributed by atoms with Crippen LogP contribution >= 0.6 is 0 Å². The zero-order valence-corrected chi connectivity index (χ0v) is 10.8. The van der Waals surface area contributed by atoms with Crippen LogP contribution in [0, 0.1) is 5.92 Å². The van der Waals surface area contributed by atoms with Crippen LogP contribution < -0.4 is 5.32 Å². The number of carbonyl (C=O) groups is 1. The van der Waals surface area contributed by atoms with Gasteiger partial charge in [-0.2, -0.15) is 0 Å². The monoisotopic (exact) mass is 251 g/mol. The van der Waals surface area contributed by atoms with Gasteiger partial charge in [-0.1, -0.05) is 54.6 Å². The van der Waals surface area contributed by atoms with Crippen molar-refractivity contribution in [3.63, 3.8) is 0 Å². The summed E-state index contributed by atoms with van der Waals surface area (Å²) in [6.45, 7) is 0.618. The van der Waals surface area contributed by atoms with Crippen LogP contribution in [-0.2, 0) is 24.2 Å². The van der Waals surface area contributed by atoms with Crippen LogP contribution in [0.5, 0.6) is 0 Å². The van der Waals surface area contributed by atoms with Gasteiger partial charge in [-0.3, -0.25) is 4.79 Å². The maximum absolute atomic E-state index is 12.2. The van der Waals surface area contributed by atoms with E-state index in [1.165, 1.54) is 11.1 Å². The van der Waals surface area contributed by atoms with Gasteiger partial charge in [0.05, 0.1) is 0 Å². The van der Waals surface area contributed by atoms with E-state index in [4.69, 9.17) is 0 Å². The summed E-state index contributed by atoms with van der Waals surface area (Å²) in [5, 5.41) is 3.04. The maximum Gasteiger partial charge on any atom is 0.224 e. The van der Waals surface area contributed by atoms with E-state index in [-0.39, 0.29) is 11.8 Å². The van der Waals surface area contributed by atoms with Gasteiger partial charge in [-0.25, -0.2) is 0 Å². The van der Waals surface area contributed by atoms with E-state index < -0.39 is 0 Å². The van der Waals surface area contributed by atoms with Crippen molar-refractivity contribution in [3.8, 4) is 0 Å². The molecule has 0 aromatic heterocycles. The number of hydrogen-bond acceptors (Lipinski definition) is 1. The van der Waals surface area contributed by atoms with Crippen LogP contribution in [0.2, 0.25) is 0 Å². The Morgan fingerprint density at radius 3 is 2.16 bits per heavy atom. The van der Waals surface area contributed by atoms with Crippen molar-refractivity contribution in [2.75, 3.05) is 0 Å². The number of carbonyl (C=O) groups excluding carboxylic acids is 1. The molecular formula is C17H17NO. The molecule has 2 aromatic rings. The lowest BCUT2D eigenvalue weighted by atomic mass is 10.1. The second-order valence-electron chi connectivity index (χ2n) is 5.08. The molecule has 0 spiro atoms. The molecule has 19 heavy (non-hydrogen) atoms. The minimum absolute atomic E-state index is 0.0983. The second kappa shape index (κ2) is 5.27. The molecule has 0 unspecified atom stereocenters. The third kappa shape index (κ3) is 2.68. The van der Waals surface area contributed by atoms with E-state index in [9.17, 15) is 4.79 Å². The van der Waals surface area contributed by atoms with Crippen molar-refractivity contribution in [2.24, 2.45) is 5.92 Å². The van der Waals surface area contributed by atoms with E-state index in [0.717, 1.165) is 18.4 Å². The highest BCUT2D eigenvalue weighted by molar-refractivity contribution is 5.80. The van der Waals surface area contributed by atoms with E-state index in [2.05, 4.69) is 17.4 Å². The minimum atomic E-state index is 0.0983. The second-order valence-corrected chi connectivity index (χ2v) is 5.08. The van der Waals surface area contributed by atoms with Gasteiger partial charge >= 0.3 is 0 Å². The highest BCUT2D eigenvalue weighted by Gasteiger charge is 2.26. The predicted octanol–water partition coefficient (Wildman–Crippen LogP) is 2.72. The topological polar surface area (TPSA) is 29.1 Å². The van der Waals surface area contributed by atoms with Crippen LogP contribution in [0.3, 0.4) is 0 Å². The Bertz CT molecular complexity index is 552. The van der Waals surface area contributed by atoms with Crippen LogP contribution in [0.25, 0.3) is 0 Å². The number of hydrogen-bond donors (Lipinski definition) is 1. The lowest BCUT2D eigenvalue weighted by molar-refractivity contribution is -0.124. The summed E-state index contributed by atoms with van der Waals surface area (Å²) in [6.07, 6.45) is 1.74. The molecule has 0 heterocycles. The number of nitrogens with one attached hydrogen (secondary N) is 1. The molecule has 0 fully saturated rings. The summed E-state index contributed by atoms with van der Waals surface area (Å²) >= 11 is 0. The number of amides is 1. The van der Waals surface area contributed by atoms with Crippen LogP contribution in [-0.4, -0.2) is 5.91 Å². The normalized spacial score (nSPS) is 14.1. The Morgan fingerprint density at radius 2 is 1.53 bits per heavy atom. The molecule has 1 amide bonds. The molecule has 0 aliphatic heterocycles. The summed E-state index contributed by atoms with van der Waals surface area (Å²) in [5.41, 5.74) is 3.79. The molecule has 0 radical (unpaired) electrons. The largest absolute Gasteiger partial charge is 0.352 e. The van der Waals surface area contributed by atoms with Crippen molar-refractivity contribution in [1.29, 1.82) is 0 Å². The van der Waals surface area contributed by atoms with Gasteiger partial charge in [-0.15, -0.1) is 0 Å². The van der Waals surface area contributed by atoms with E-state index in [1.54, 1.807) is 0 Å². The minimum Gasteiger partial charge on any atom is -0.352 e. The highest BCUT2D eigenvalue weighted by Crippen LogP contribution is 2.26. The first-order chi connectivity index (χ1) is 9.33. The fourth-order valence-corrected chi connectivity index (χ4v) is 2.67. The van der Waals surface area contributed by atoms with Crippen LogP contribution in [0.4, 0.5) is 0 Å². The van der Waals surface area contributed by atoms with Gasteiger partial charge in [0.25, 0.3) is 0 Å². The van der Waals surface area contributed by atoms with E-state index >= 15 is 0 Å². The van der Waals surface area contributed by atoms with Gasteiger partial charge in [0.1, 0.15) is 0 Å². The smallest absolute Gasteiger partial charge is 0.224 e.